The molecule has 1 heterocycles. The van der Waals surface area contributed by atoms with Gasteiger partial charge in [-0.2, -0.15) is 0 Å². The Balaban J connectivity index is 2.05. The Bertz CT molecular complexity index is 774. The number of ether oxygens (including phenoxy) is 1. The van der Waals surface area contributed by atoms with E-state index in [4.69, 9.17) is 4.74 Å². The zero-order valence-electron chi connectivity index (χ0n) is 13.1. The van der Waals surface area contributed by atoms with Gasteiger partial charge in [0, 0.05) is 11.3 Å². The van der Waals surface area contributed by atoms with Gasteiger partial charge in [0.1, 0.15) is 6.20 Å². The van der Waals surface area contributed by atoms with Gasteiger partial charge in [0.25, 0.3) is 5.91 Å². The molecule has 0 aliphatic rings. The van der Waals surface area contributed by atoms with Crippen molar-refractivity contribution >= 4 is 23.2 Å². The molecule has 8 nitrogen and oxygen atoms in total. The minimum absolute atomic E-state index is 0.0755. The van der Waals surface area contributed by atoms with E-state index in [-0.39, 0.29) is 11.5 Å². The van der Waals surface area contributed by atoms with Crippen molar-refractivity contribution in [3.63, 3.8) is 0 Å². The predicted molar refractivity (Wildman–Crippen MR) is 86.1 cm³/mol. The number of hydrogen-bond acceptors (Lipinski definition) is 6. The molecule has 0 bridgehead atoms. The van der Waals surface area contributed by atoms with E-state index in [0.717, 1.165) is 0 Å². The van der Waals surface area contributed by atoms with Crippen molar-refractivity contribution in [2.75, 3.05) is 5.32 Å². The molecule has 1 atom stereocenters. The van der Waals surface area contributed by atoms with Crippen LogP contribution in [0.5, 0.6) is 5.75 Å². The molecule has 1 amide bonds. The van der Waals surface area contributed by atoms with Crippen LogP contribution >= 0.6 is 0 Å². The van der Waals surface area contributed by atoms with Gasteiger partial charge in [-0.1, -0.05) is 0 Å². The lowest BCUT2D eigenvalue weighted by Gasteiger charge is -2.14. The van der Waals surface area contributed by atoms with Crippen LogP contribution in [0.15, 0.2) is 42.6 Å². The van der Waals surface area contributed by atoms with Gasteiger partial charge in [0.05, 0.1) is 0 Å². The lowest BCUT2D eigenvalue weighted by molar-refractivity contribution is -0.390. The van der Waals surface area contributed by atoms with Crippen LogP contribution in [0, 0.1) is 10.1 Å². The van der Waals surface area contributed by atoms with Crippen LogP contribution in [0.3, 0.4) is 0 Å². The number of nitrogens with one attached hydrogen (secondary N) is 1. The molecule has 2 rings (SSSR count). The molecule has 1 unspecified atom stereocenters. The van der Waals surface area contributed by atoms with Gasteiger partial charge in [0.2, 0.25) is 5.75 Å². The van der Waals surface area contributed by atoms with Crippen molar-refractivity contribution in [3.8, 4) is 5.75 Å². The SMILES string of the molecule is CC(=O)c1ccc(NC(=O)C(C)Oc2cccnc2[N+](=O)[O-])cc1. The summed E-state index contributed by atoms with van der Waals surface area (Å²) >= 11 is 0. The third-order valence-corrected chi connectivity index (χ3v) is 3.16. The molecule has 0 radical (unpaired) electrons. The summed E-state index contributed by atoms with van der Waals surface area (Å²) in [6.07, 6.45) is 0.298. The third-order valence-electron chi connectivity index (χ3n) is 3.16. The molecule has 0 aliphatic heterocycles. The number of amides is 1. The summed E-state index contributed by atoms with van der Waals surface area (Å²) < 4.78 is 5.33. The summed E-state index contributed by atoms with van der Waals surface area (Å²) in [5.74, 6) is -1.10. The number of hydrogen-bond donors (Lipinski definition) is 1. The van der Waals surface area contributed by atoms with E-state index in [0.29, 0.717) is 11.3 Å². The van der Waals surface area contributed by atoms with Crippen LogP contribution < -0.4 is 10.1 Å². The van der Waals surface area contributed by atoms with Crippen molar-refractivity contribution in [1.82, 2.24) is 4.98 Å². The summed E-state index contributed by atoms with van der Waals surface area (Å²) in [6, 6.07) is 9.22. The second-order valence-corrected chi connectivity index (χ2v) is 4.97. The summed E-state index contributed by atoms with van der Waals surface area (Å²) in [4.78, 5) is 37.2. The van der Waals surface area contributed by atoms with Crippen molar-refractivity contribution in [3.05, 3.63) is 58.3 Å². The van der Waals surface area contributed by atoms with Gasteiger partial charge < -0.3 is 20.2 Å². The molecule has 0 spiro atoms. The van der Waals surface area contributed by atoms with Crippen molar-refractivity contribution in [2.24, 2.45) is 0 Å². The number of rotatable bonds is 6. The van der Waals surface area contributed by atoms with E-state index in [1.165, 1.54) is 32.2 Å². The standard InChI is InChI=1S/C16H15N3O5/c1-10(20)12-5-7-13(8-6-12)18-16(21)11(2)24-14-4-3-9-17-15(14)19(22)23/h3-9,11H,1-2H3,(H,18,21). The summed E-state index contributed by atoms with van der Waals surface area (Å²) in [7, 11) is 0. The highest BCUT2D eigenvalue weighted by atomic mass is 16.6. The van der Waals surface area contributed by atoms with Gasteiger partial charge in [-0.3, -0.25) is 9.59 Å². The Morgan fingerprint density at radius 3 is 2.50 bits per heavy atom. The van der Waals surface area contributed by atoms with Gasteiger partial charge >= 0.3 is 5.82 Å². The van der Waals surface area contributed by atoms with E-state index in [1.54, 1.807) is 24.3 Å². The first kappa shape index (κ1) is 17.1. The molecular weight excluding hydrogens is 314 g/mol. The monoisotopic (exact) mass is 329 g/mol. The Morgan fingerprint density at radius 1 is 1.25 bits per heavy atom. The molecule has 1 aromatic heterocycles. The molecular formula is C16H15N3O5. The molecule has 0 fully saturated rings. The zero-order valence-corrected chi connectivity index (χ0v) is 13.1. The molecule has 1 N–H and O–H groups in total. The quantitative estimate of drug-likeness (QED) is 0.495. The second-order valence-electron chi connectivity index (χ2n) is 4.97. The Kier molecular flexibility index (Phi) is 5.20. The lowest BCUT2D eigenvalue weighted by Crippen LogP contribution is -2.30. The second kappa shape index (κ2) is 7.32. The number of aromatic nitrogens is 1. The molecule has 0 saturated carbocycles. The Morgan fingerprint density at radius 2 is 1.92 bits per heavy atom. The van der Waals surface area contributed by atoms with E-state index in [1.807, 2.05) is 0 Å². The molecule has 1 aromatic carbocycles. The molecule has 124 valence electrons. The van der Waals surface area contributed by atoms with Crippen molar-refractivity contribution < 1.29 is 19.2 Å². The van der Waals surface area contributed by atoms with Gasteiger partial charge in [-0.25, -0.2) is 0 Å². The van der Waals surface area contributed by atoms with Crippen LogP contribution in [0.1, 0.15) is 24.2 Å². The maximum Gasteiger partial charge on any atom is 0.406 e. The normalized spacial score (nSPS) is 11.4. The average molecular weight is 329 g/mol. The van der Waals surface area contributed by atoms with Gasteiger partial charge in [0.15, 0.2) is 11.9 Å². The number of ketones is 1. The number of carbonyl (C=O) groups excluding carboxylic acids is 2. The van der Waals surface area contributed by atoms with E-state index in [9.17, 15) is 19.7 Å². The topological polar surface area (TPSA) is 111 Å². The smallest absolute Gasteiger partial charge is 0.406 e. The number of nitro groups is 1. The highest BCUT2D eigenvalue weighted by Crippen LogP contribution is 2.24. The number of pyridine rings is 1. The Labute approximate surface area is 137 Å². The fourth-order valence-electron chi connectivity index (χ4n) is 1.89. The minimum Gasteiger partial charge on any atom is -0.473 e. The van der Waals surface area contributed by atoms with Crippen LogP contribution in [-0.2, 0) is 4.79 Å². The zero-order chi connectivity index (χ0) is 17.7. The molecule has 8 heteroatoms. The first-order valence-corrected chi connectivity index (χ1v) is 7.06. The predicted octanol–water partition coefficient (Wildman–Crippen LogP) is 2.60. The van der Waals surface area contributed by atoms with E-state index < -0.39 is 22.8 Å². The third kappa shape index (κ3) is 4.13. The number of anilines is 1. The van der Waals surface area contributed by atoms with E-state index >= 15 is 0 Å². The first-order chi connectivity index (χ1) is 11.4. The van der Waals surface area contributed by atoms with E-state index in [2.05, 4.69) is 10.3 Å². The van der Waals surface area contributed by atoms with Crippen LogP contribution in [0.25, 0.3) is 0 Å². The number of carbonyl (C=O) groups is 2. The van der Waals surface area contributed by atoms with Crippen molar-refractivity contribution in [1.29, 1.82) is 0 Å². The van der Waals surface area contributed by atoms with Gasteiger partial charge in [-0.15, -0.1) is 0 Å². The highest BCUT2D eigenvalue weighted by molar-refractivity contribution is 5.96. The van der Waals surface area contributed by atoms with Gasteiger partial charge in [-0.05, 0) is 60.2 Å². The lowest BCUT2D eigenvalue weighted by atomic mass is 10.1. The molecule has 2 aromatic rings. The Hall–Kier alpha value is -3.29. The summed E-state index contributed by atoms with van der Waals surface area (Å²) in [5.41, 5.74) is 1.02. The maximum atomic E-state index is 12.1. The molecule has 24 heavy (non-hydrogen) atoms. The summed E-state index contributed by atoms with van der Waals surface area (Å²) in [5, 5.41) is 13.5. The van der Waals surface area contributed by atoms with Crippen LogP contribution in [-0.4, -0.2) is 27.7 Å². The highest BCUT2D eigenvalue weighted by Gasteiger charge is 2.21. The van der Waals surface area contributed by atoms with Crippen LogP contribution in [0.4, 0.5) is 11.5 Å². The maximum absolute atomic E-state index is 12.1. The summed E-state index contributed by atoms with van der Waals surface area (Å²) in [6.45, 7) is 2.92. The number of Topliss-reactive ketones (excluding diaryl/α,β-unsaturated/α-hetero) is 1. The molecule has 0 saturated heterocycles. The number of benzene rings is 1. The van der Waals surface area contributed by atoms with Crippen LogP contribution in [0.2, 0.25) is 0 Å². The average Bonchev–Trinajstić information content (AvgIpc) is 2.55. The fraction of sp³-hybridized carbons (Fsp3) is 0.188. The minimum atomic E-state index is -0.972. The first-order valence-electron chi connectivity index (χ1n) is 7.06. The number of nitrogens with zero attached hydrogens (tertiary/aromatic N) is 2. The van der Waals surface area contributed by atoms with Crippen molar-refractivity contribution in [2.45, 2.75) is 20.0 Å². The fourth-order valence-corrected chi connectivity index (χ4v) is 1.89. The largest absolute Gasteiger partial charge is 0.473 e. The molecule has 0 aliphatic carbocycles.